The van der Waals surface area contributed by atoms with Gasteiger partial charge in [-0.25, -0.2) is 4.98 Å². The average molecular weight is 486 g/mol. The number of carbonyl (C=O) groups excluding carboxylic acids is 2. The van der Waals surface area contributed by atoms with Gasteiger partial charge in [-0.3, -0.25) is 14.5 Å². The first-order valence-electron chi connectivity index (χ1n) is 10.8. The summed E-state index contributed by atoms with van der Waals surface area (Å²) in [4.78, 5) is 32.5. The second kappa shape index (κ2) is 7.40. The molecule has 1 N–H and O–H groups in total. The summed E-state index contributed by atoms with van der Waals surface area (Å²) in [6.45, 7) is 5.49. The molecule has 5 nitrogen and oxygen atoms in total. The Hall–Kier alpha value is -3.20. The number of hydrogen-bond acceptors (Lipinski definition) is 5. The van der Waals surface area contributed by atoms with Gasteiger partial charge in [0.25, 0.3) is 5.91 Å². The summed E-state index contributed by atoms with van der Waals surface area (Å²) in [5.74, 6) is -1.92. The minimum absolute atomic E-state index is 0.0675. The molecule has 0 saturated carbocycles. The van der Waals surface area contributed by atoms with Gasteiger partial charge in [0.15, 0.2) is 10.9 Å². The Morgan fingerprint density at radius 3 is 2.35 bits per heavy atom. The van der Waals surface area contributed by atoms with E-state index < -0.39 is 34.4 Å². The van der Waals surface area contributed by atoms with Crippen LogP contribution in [0.5, 0.6) is 0 Å². The fourth-order valence-electron chi connectivity index (χ4n) is 4.80. The lowest BCUT2D eigenvalue weighted by molar-refractivity contribution is -0.175. The Morgan fingerprint density at radius 1 is 1.03 bits per heavy atom. The van der Waals surface area contributed by atoms with Crippen molar-refractivity contribution >= 4 is 44.1 Å². The Morgan fingerprint density at radius 2 is 1.71 bits per heavy atom. The number of allylic oxidation sites excluding steroid dienone is 1. The largest absolute Gasteiger partial charge is 0.425 e. The first-order chi connectivity index (χ1) is 15.9. The number of benzene rings is 2. The minimum Gasteiger partial charge on any atom is -0.336 e. The molecule has 0 unspecified atom stereocenters. The molecule has 1 atom stereocenters. The monoisotopic (exact) mass is 485 g/mol. The molecule has 0 saturated heterocycles. The van der Waals surface area contributed by atoms with E-state index in [4.69, 9.17) is 0 Å². The number of fused-ring (bicyclic) bond motifs is 1. The fourth-order valence-corrected chi connectivity index (χ4v) is 5.73. The van der Waals surface area contributed by atoms with Crippen molar-refractivity contribution in [2.24, 2.45) is 5.41 Å². The third-order valence-electron chi connectivity index (χ3n) is 6.33. The number of hydrogen-bond donors (Lipinski definition) is 1. The maximum absolute atomic E-state index is 15.0. The van der Waals surface area contributed by atoms with E-state index in [9.17, 15) is 22.8 Å². The van der Waals surface area contributed by atoms with Crippen LogP contribution in [0, 0.1) is 12.3 Å². The van der Waals surface area contributed by atoms with Crippen molar-refractivity contribution in [3.8, 4) is 0 Å². The van der Waals surface area contributed by atoms with Gasteiger partial charge in [0.2, 0.25) is 5.54 Å². The molecule has 2 aliphatic rings. The summed E-state index contributed by atoms with van der Waals surface area (Å²) in [5, 5.41) is 2.35. The summed E-state index contributed by atoms with van der Waals surface area (Å²) in [6, 6.07) is 13.6. The lowest BCUT2D eigenvalue weighted by Crippen LogP contribution is -2.61. The van der Waals surface area contributed by atoms with Crippen LogP contribution in [0.4, 0.5) is 24.0 Å². The molecule has 1 amide bonds. The lowest BCUT2D eigenvalue weighted by atomic mass is 9.72. The highest BCUT2D eigenvalue weighted by molar-refractivity contribution is 7.22. The second-order valence-corrected chi connectivity index (χ2v) is 10.6. The predicted molar refractivity (Wildman–Crippen MR) is 126 cm³/mol. The van der Waals surface area contributed by atoms with Crippen molar-refractivity contribution in [3.63, 3.8) is 0 Å². The molecule has 1 aromatic heterocycles. The third kappa shape index (κ3) is 3.33. The molecule has 2 aromatic carbocycles. The van der Waals surface area contributed by atoms with Gasteiger partial charge in [0.05, 0.1) is 15.8 Å². The van der Waals surface area contributed by atoms with Crippen LogP contribution in [0.25, 0.3) is 10.2 Å². The molecule has 3 aromatic rings. The standard InChI is InChI=1S/C25H22F3N3O2S/c1-14-8-10-15(11-9-14)31-17-12-23(2,3)13-18(32)20(17)24(21(31)33,25(26,27)28)30-22-29-16-6-4-5-7-19(16)34-22/h4-11H,12-13H2,1-3H3,(H,29,30)/t24-/m0/s1. The Balaban J connectivity index is 1.74. The first kappa shape index (κ1) is 22.6. The number of para-hydroxylation sites is 1. The van der Waals surface area contributed by atoms with Gasteiger partial charge in [0, 0.05) is 17.8 Å². The number of anilines is 2. The summed E-state index contributed by atoms with van der Waals surface area (Å²) >= 11 is 1.01. The molecule has 34 heavy (non-hydrogen) atoms. The van der Waals surface area contributed by atoms with Gasteiger partial charge in [-0.15, -0.1) is 0 Å². The number of alkyl halides is 3. The third-order valence-corrected chi connectivity index (χ3v) is 7.28. The van der Waals surface area contributed by atoms with Crippen LogP contribution in [0.15, 0.2) is 59.8 Å². The normalized spacial score (nSPS) is 22.5. The molecule has 0 bridgehead atoms. The summed E-state index contributed by atoms with van der Waals surface area (Å²) in [6.07, 6.45) is -5.01. The number of thiazole rings is 1. The molecular weight excluding hydrogens is 463 g/mol. The van der Waals surface area contributed by atoms with Gasteiger partial charge >= 0.3 is 6.18 Å². The van der Waals surface area contributed by atoms with Gasteiger partial charge in [-0.2, -0.15) is 13.2 Å². The Bertz CT molecular complexity index is 1320. The van der Waals surface area contributed by atoms with E-state index in [1.165, 1.54) is 0 Å². The van der Waals surface area contributed by atoms with Crippen LogP contribution >= 0.6 is 11.3 Å². The molecule has 9 heteroatoms. The number of aryl methyl sites for hydroxylation is 1. The number of carbonyl (C=O) groups is 2. The van der Waals surface area contributed by atoms with Crippen LogP contribution in [0.3, 0.4) is 0 Å². The zero-order valence-electron chi connectivity index (χ0n) is 18.8. The molecule has 2 heterocycles. The van der Waals surface area contributed by atoms with Gasteiger partial charge in [-0.1, -0.05) is 55.0 Å². The predicted octanol–water partition coefficient (Wildman–Crippen LogP) is 6.01. The molecule has 0 radical (unpaired) electrons. The van der Waals surface area contributed by atoms with Gasteiger partial charge in [0.1, 0.15) is 0 Å². The quantitative estimate of drug-likeness (QED) is 0.494. The van der Waals surface area contributed by atoms with Crippen molar-refractivity contribution in [1.29, 1.82) is 0 Å². The highest BCUT2D eigenvalue weighted by Crippen LogP contribution is 2.54. The molecule has 0 fully saturated rings. The molecular formula is C25H22F3N3O2S. The highest BCUT2D eigenvalue weighted by atomic mass is 32.1. The first-order valence-corrected chi connectivity index (χ1v) is 11.6. The van der Waals surface area contributed by atoms with Crippen LogP contribution < -0.4 is 10.2 Å². The van der Waals surface area contributed by atoms with E-state index in [0.717, 1.165) is 21.8 Å². The van der Waals surface area contributed by atoms with Crippen LogP contribution in [0.2, 0.25) is 0 Å². The smallest absolute Gasteiger partial charge is 0.336 e. The van der Waals surface area contributed by atoms with Crippen molar-refractivity contribution in [2.75, 3.05) is 10.2 Å². The topological polar surface area (TPSA) is 62.3 Å². The van der Waals surface area contributed by atoms with Crippen LogP contribution in [0.1, 0.15) is 32.3 Å². The number of Topliss-reactive ketones (excluding diaryl/α,β-unsaturated/α-hetero) is 1. The summed E-state index contributed by atoms with van der Waals surface area (Å²) < 4.78 is 45.6. The zero-order valence-corrected chi connectivity index (χ0v) is 19.6. The maximum Gasteiger partial charge on any atom is 0.425 e. The number of halogens is 3. The molecule has 1 aliphatic carbocycles. The molecule has 1 aliphatic heterocycles. The number of nitrogens with zero attached hydrogens (tertiary/aromatic N) is 2. The average Bonchev–Trinajstić information content (AvgIpc) is 3.24. The van der Waals surface area contributed by atoms with E-state index >= 15 is 0 Å². The number of nitrogens with one attached hydrogen (secondary N) is 1. The zero-order chi connectivity index (χ0) is 24.5. The fraction of sp³-hybridized carbons (Fsp3) is 0.320. The number of ketones is 1. The van der Waals surface area contributed by atoms with Gasteiger partial charge in [-0.05, 0) is 43.0 Å². The van der Waals surface area contributed by atoms with E-state index in [0.29, 0.717) is 15.9 Å². The Kier molecular flexibility index (Phi) is 4.91. The second-order valence-electron chi connectivity index (χ2n) is 9.60. The van der Waals surface area contributed by atoms with E-state index in [-0.39, 0.29) is 23.7 Å². The van der Waals surface area contributed by atoms with Crippen LogP contribution in [-0.2, 0) is 9.59 Å². The summed E-state index contributed by atoms with van der Waals surface area (Å²) in [5.41, 5.74) is -2.51. The van der Waals surface area contributed by atoms with E-state index in [1.807, 2.05) is 20.8 Å². The van der Waals surface area contributed by atoms with Crippen molar-refractivity contribution in [1.82, 2.24) is 4.98 Å². The number of amides is 1. The minimum atomic E-state index is -5.08. The van der Waals surface area contributed by atoms with E-state index in [2.05, 4.69) is 10.3 Å². The number of aromatic nitrogens is 1. The molecule has 0 spiro atoms. The Labute approximate surface area is 198 Å². The number of rotatable bonds is 3. The highest BCUT2D eigenvalue weighted by Gasteiger charge is 2.71. The summed E-state index contributed by atoms with van der Waals surface area (Å²) in [7, 11) is 0. The van der Waals surface area contributed by atoms with Crippen LogP contribution in [-0.4, -0.2) is 28.4 Å². The van der Waals surface area contributed by atoms with Crippen molar-refractivity contribution < 1.29 is 22.8 Å². The van der Waals surface area contributed by atoms with Gasteiger partial charge < -0.3 is 5.32 Å². The SMILES string of the molecule is Cc1ccc(N2C(=O)[C@](Nc3nc4ccccc4s3)(C(F)(F)F)C3=C2CC(C)(C)CC3=O)cc1. The van der Waals surface area contributed by atoms with E-state index in [1.54, 1.807) is 48.5 Å². The molecule has 176 valence electrons. The van der Waals surface area contributed by atoms with Crippen molar-refractivity contribution in [2.45, 2.75) is 45.3 Å². The lowest BCUT2D eigenvalue weighted by Gasteiger charge is -2.35. The van der Waals surface area contributed by atoms with Crippen molar-refractivity contribution in [3.05, 3.63) is 65.4 Å². The molecule has 5 rings (SSSR count). The maximum atomic E-state index is 15.0.